The van der Waals surface area contributed by atoms with E-state index in [1.807, 2.05) is 0 Å². The van der Waals surface area contributed by atoms with Gasteiger partial charge in [0, 0.05) is 11.2 Å². The Labute approximate surface area is 79.9 Å². The Morgan fingerprint density at radius 3 is 2.23 bits per heavy atom. The minimum absolute atomic E-state index is 0.218. The van der Waals surface area contributed by atoms with Crippen molar-refractivity contribution in [3.8, 4) is 0 Å². The molecule has 0 fully saturated rings. The average Bonchev–Trinajstić information content (AvgIpc) is 1.94. The minimum atomic E-state index is -3.72. The SMILES string of the molecule is CS(=O)(=O)c1cc(F)c(S)cc1F. The molecule has 0 unspecified atom stereocenters. The molecule has 0 saturated heterocycles. The number of benzene rings is 1. The van der Waals surface area contributed by atoms with Crippen LogP contribution in [0.15, 0.2) is 21.9 Å². The fraction of sp³-hybridized carbons (Fsp3) is 0.143. The van der Waals surface area contributed by atoms with E-state index in [0.29, 0.717) is 6.07 Å². The maximum atomic E-state index is 12.9. The van der Waals surface area contributed by atoms with Gasteiger partial charge in [-0.05, 0) is 12.1 Å². The molecule has 1 aromatic rings. The van der Waals surface area contributed by atoms with Gasteiger partial charge in [0.15, 0.2) is 9.84 Å². The number of rotatable bonds is 1. The van der Waals surface area contributed by atoms with E-state index >= 15 is 0 Å². The van der Waals surface area contributed by atoms with E-state index in [4.69, 9.17) is 0 Å². The summed E-state index contributed by atoms with van der Waals surface area (Å²) in [6.07, 6.45) is 0.809. The van der Waals surface area contributed by atoms with Gasteiger partial charge in [-0.15, -0.1) is 12.6 Å². The maximum Gasteiger partial charge on any atom is 0.178 e. The molecule has 1 aromatic carbocycles. The first-order chi connectivity index (χ1) is 5.82. The lowest BCUT2D eigenvalue weighted by Crippen LogP contribution is -2.01. The Hall–Kier alpha value is -0.620. The molecule has 0 aliphatic carbocycles. The summed E-state index contributed by atoms with van der Waals surface area (Å²) in [5, 5.41) is 0. The molecule has 0 spiro atoms. The zero-order valence-corrected chi connectivity index (χ0v) is 8.29. The highest BCUT2D eigenvalue weighted by Gasteiger charge is 2.16. The Balaban J connectivity index is 3.50. The smallest absolute Gasteiger partial charge is 0.178 e. The molecule has 13 heavy (non-hydrogen) atoms. The van der Waals surface area contributed by atoms with Crippen LogP contribution >= 0.6 is 12.6 Å². The fourth-order valence-electron chi connectivity index (χ4n) is 0.802. The van der Waals surface area contributed by atoms with E-state index in [9.17, 15) is 17.2 Å². The summed E-state index contributed by atoms with van der Waals surface area (Å²) in [4.78, 5) is -0.868. The van der Waals surface area contributed by atoms with Crippen molar-refractivity contribution in [1.29, 1.82) is 0 Å². The molecule has 72 valence electrons. The van der Waals surface area contributed by atoms with Crippen molar-refractivity contribution in [1.82, 2.24) is 0 Å². The highest BCUT2D eigenvalue weighted by atomic mass is 32.2. The van der Waals surface area contributed by atoms with Gasteiger partial charge in [-0.2, -0.15) is 0 Å². The van der Waals surface area contributed by atoms with Crippen LogP contribution in [0.5, 0.6) is 0 Å². The molecule has 2 nitrogen and oxygen atoms in total. The molecule has 0 atom stereocenters. The molecule has 0 aliphatic heterocycles. The van der Waals surface area contributed by atoms with E-state index in [-0.39, 0.29) is 4.90 Å². The minimum Gasteiger partial charge on any atom is -0.224 e. The van der Waals surface area contributed by atoms with Crippen molar-refractivity contribution in [2.45, 2.75) is 9.79 Å². The van der Waals surface area contributed by atoms with Crippen LogP contribution in [0.2, 0.25) is 0 Å². The van der Waals surface area contributed by atoms with E-state index in [0.717, 1.165) is 12.3 Å². The molecular formula is C7H6F2O2S2. The van der Waals surface area contributed by atoms with Crippen molar-refractivity contribution in [3.05, 3.63) is 23.8 Å². The summed E-state index contributed by atoms with van der Waals surface area (Å²) >= 11 is 3.60. The largest absolute Gasteiger partial charge is 0.224 e. The summed E-state index contributed by atoms with van der Waals surface area (Å²) in [6.45, 7) is 0. The Kier molecular flexibility index (Phi) is 2.63. The number of sulfone groups is 1. The quantitative estimate of drug-likeness (QED) is 0.736. The third-order valence-corrected chi connectivity index (χ3v) is 2.86. The van der Waals surface area contributed by atoms with Crippen LogP contribution in [-0.2, 0) is 9.84 Å². The van der Waals surface area contributed by atoms with Crippen LogP contribution in [0.4, 0.5) is 8.78 Å². The molecule has 0 aliphatic rings. The molecule has 0 radical (unpaired) electrons. The number of hydrogen-bond donors (Lipinski definition) is 1. The Bertz CT molecular complexity index is 440. The van der Waals surface area contributed by atoms with Gasteiger partial charge in [0.25, 0.3) is 0 Å². The van der Waals surface area contributed by atoms with E-state index in [2.05, 4.69) is 12.6 Å². The Morgan fingerprint density at radius 1 is 1.23 bits per heavy atom. The van der Waals surface area contributed by atoms with Gasteiger partial charge in [0.1, 0.15) is 16.5 Å². The van der Waals surface area contributed by atoms with Gasteiger partial charge in [-0.1, -0.05) is 0 Å². The monoisotopic (exact) mass is 224 g/mol. The molecule has 0 saturated carbocycles. The van der Waals surface area contributed by atoms with Crippen molar-refractivity contribution < 1.29 is 17.2 Å². The molecule has 6 heteroatoms. The highest BCUT2D eigenvalue weighted by Crippen LogP contribution is 2.21. The third kappa shape index (κ3) is 2.19. The van der Waals surface area contributed by atoms with E-state index in [1.165, 1.54) is 0 Å². The maximum absolute atomic E-state index is 12.9. The number of thiol groups is 1. The van der Waals surface area contributed by atoms with Crippen molar-refractivity contribution in [2.24, 2.45) is 0 Å². The topological polar surface area (TPSA) is 34.1 Å². The molecule has 0 heterocycles. The Morgan fingerprint density at radius 2 is 1.77 bits per heavy atom. The first kappa shape index (κ1) is 10.5. The predicted molar refractivity (Wildman–Crippen MR) is 46.7 cm³/mol. The fourth-order valence-corrected chi connectivity index (χ4v) is 1.71. The second-order valence-electron chi connectivity index (χ2n) is 2.51. The van der Waals surface area contributed by atoms with Crippen LogP contribution < -0.4 is 0 Å². The summed E-state index contributed by atoms with van der Waals surface area (Å²) < 4.78 is 47.5. The standard InChI is InChI=1S/C7H6F2O2S2/c1-13(10,11)7-3-4(8)6(12)2-5(7)9/h2-3,12H,1H3. The summed E-state index contributed by atoms with van der Waals surface area (Å²) in [7, 11) is -3.72. The van der Waals surface area contributed by atoms with Crippen molar-refractivity contribution >= 4 is 22.5 Å². The van der Waals surface area contributed by atoms with Gasteiger partial charge in [0.2, 0.25) is 0 Å². The summed E-state index contributed by atoms with van der Waals surface area (Å²) in [5.41, 5.74) is 0. The molecule has 0 N–H and O–H groups in total. The van der Waals surface area contributed by atoms with Crippen molar-refractivity contribution in [2.75, 3.05) is 6.26 Å². The van der Waals surface area contributed by atoms with E-state index in [1.54, 1.807) is 0 Å². The van der Waals surface area contributed by atoms with Gasteiger partial charge in [-0.25, -0.2) is 17.2 Å². The normalized spacial score (nSPS) is 11.7. The molecule has 0 bridgehead atoms. The first-order valence-electron chi connectivity index (χ1n) is 3.20. The first-order valence-corrected chi connectivity index (χ1v) is 5.54. The molecule has 0 amide bonds. The average molecular weight is 224 g/mol. The summed E-state index contributed by atoms with van der Waals surface area (Å²) in [6, 6.07) is 1.35. The van der Waals surface area contributed by atoms with Crippen LogP contribution in [0, 0.1) is 11.6 Å². The van der Waals surface area contributed by atoms with Crippen LogP contribution in [0.1, 0.15) is 0 Å². The van der Waals surface area contributed by atoms with Crippen LogP contribution in [0.25, 0.3) is 0 Å². The lowest BCUT2D eigenvalue weighted by molar-refractivity contribution is 0.543. The van der Waals surface area contributed by atoms with Gasteiger partial charge < -0.3 is 0 Å². The van der Waals surface area contributed by atoms with Gasteiger partial charge in [0.05, 0.1) is 0 Å². The zero-order chi connectivity index (χ0) is 10.2. The molecular weight excluding hydrogens is 218 g/mol. The van der Waals surface area contributed by atoms with E-state index < -0.39 is 26.4 Å². The summed E-state index contributed by atoms with van der Waals surface area (Å²) in [5.74, 6) is -1.85. The number of hydrogen-bond acceptors (Lipinski definition) is 3. The van der Waals surface area contributed by atoms with Gasteiger partial charge in [-0.3, -0.25) is 0 Å². The van der Waals surface area contributed by atoms with Gasteiger partial charge >= 0.3 is 0 Å². The lowest BCUT2D eigenvalue weighted by atomic mass is 10.3. The highest BCUT2D eigenvalue weighted by molar-refractivity contribution is 7.90. The zero-order valence-electron chi connectivity index (χ0n) is 6.58. The molecule has 1 rings (SSSR count). The second-order valence-corrected chi connectivity index (χ2v) is 4.97. The second kappa shape index (κ2) is 3.26. The third-order valence-electron chi connectivity index (χ3n) is 1.40. The lowest BCUT2D eigenvalue weighted by Gasteiger charge is -2.01. The van der Waals surface area contributed by atoms with Crippen LogP contribution in [0.3, 0.4) is 0 Å². The van der Waals surface area contributed by atoms with Crippen LogP contribution in [-0.4, -0.2) is 14.7 Å². The van der Waals surface area contributed by atoms with Crippen molar-refractivity contribution in [3.63, 3.8) is 0 Å². The predicted octanol–water partition coefficient (Wildman–Crippen LogP) is 1.66. The number of halogens is 2. The molecule has 0 aromatic heterocycles.